The molecule has 0 aromatic heterocycles. The molecule has 1 aromatic rings. The molecule has 1 fully saturated rings. The van der Waals surface area contributed by atoms with E-state index >= 15 is 0 Å². The summed E-state index contributed by atoms with van der Waals surface area (Å²) in [7, 11) is 0. The molecule has 3 nitrogen and oxygen atoms in total. The molecule has 2 rings (SSSR count). The van der Waals surface area contributed by atoms with Crippen molar-refractivity contribution in [3.05, 3.63) is 34.6 Å². The van der Waals surface area contributed by atoms with Gasteiger partial charge in [0.1, 0.15) is 5.82 Å². The van der Waals surface area contributed by atoms with Gasteiger partial charge in [0.2, 0.25) is 5.91 Å². The predicted octanol–water partition coefficient (Wildman–Crippen LogP) is 2.00. The van der Waals surface area contributed by atoms with Crippen molar-refractivity contribution < 1.29 is 14.3 Å². The van der Waals surface area contributed by atoms with Gasteiger partial charge < -0.3 is 10.0 Å². The highest BCUT2D eigenvalue weighted by Crippen LogP contribution is 2.18. The van der Waals surface area contributed by atoms with Crippen molar-refractivity contribution in [3.63, 3.8) is 0 Å². The highest BCUT2D eigenvalue weighted by Gasteiger charge is 2.21. The number of hydrogen-bond donors (Lipinski definition) is 1. The summed E-state index contributed by atoms with van der Waals surface area (Å²) in [5, 5.41) is 9.40. The van der Waals surface area contributed by atoms with E-state index in [1.807, 2.05) is 0 Å². The van der Waals surface area contributed by atoms with Crippen LogP contribution < -0.4 is 0 Å². The largest absolute Gasteiger partial charge is 0.393 e. The van der Waals surface area contributed by atoms with E-state index in [-0.39, 0.29) is 23.5 Å². The predicted molar refractivity (Wildman–Crippen MR) is 66.9 cm³/mol. The van der Waals surface area contributed by atoms with Crippen molar-refractivity contribution in [1.82, 2.24) is 4.90 Å². The first-order chi connectivity index (χ1) is 8.56. The van der Waals surface area contributed by atoms with Gasteiger partial charge in [0, 0.05) is 13.1 Å². The van der Waals surface area contributed by atoms with Crippen molar-refractivity contribution >= 4 is 17.5 Å². The minimum Gasteiger partial charge on any atom is -0.393 e. The number of aliphatic hydroxyl groups excluding tert-OH is 1. The number of benzene rings is 1. The van der Waals surface area contributed by atoms with E-state index in [0.717, 1.165) is 0 Å². The lowest BCUT2D eigenvalue weighted by Gasteiger charge is -2.29. The smallest absolute Gasteiger partial charge is 0.226 e. The third kappa shape index (κ3) is 3.21. The fourth-order valence-corrected chi connectivity index (χ4v) is 2.25. The number of piperidine rings is 1. The summed E-state index contributed by atoms with van der Waals surface area (Å²) in [5.41, 5.74) is 0.706. The molecule has 1 aliphatic rings. The Balaban J connectivity index is 1.96. The number of carbonyl (C=O) groups is 1. The maximum Gasteiger partial charge on any atom is 0.226 e. The highest BCUT2D eigenvalue weighted by atomic mass is 35.5. The van der Waals surface area contributed by atoms with Crippen molar-refractivity contribution in [2.45, 2.75) is 25.4 Å². The Morgan fingerprint density at radius 1 is 1.44 bits per heavy atom. The molecule has 18 heavy (non-hydrogen) atoms. The third-order valence-corrected chi connectivity index (χ3v) is 3.45. The van der Waals surface area contributed by atoms with E-state index in [2.05, 4.69) is 0 Å². The minimum atomic E-state index is -0.478. The fraction of sp³-hybridized carbons (Fsp3) is 0.462. The van der Waals surface area contributed by atoms with Crippen molar-refractivity contribution in [2.75, 3.05) is 13.1 Å². The zero-order valence-corrected chi connectivity index (χ0v) is 10.7. The van der Waals surface area contributed by atoms with Gasteiger partial charge in [-0.1, -0.05) is 17.7 Å². The molecule has 0 atom stereocenters. The number of nitrogens with zero attached hydrogens (tertiary/aromatic N) is 1. The van der Waals surface area contributed by atoms with Gasteiger partial charge in [0.05, 0.1) is 17.5 Å². The summed E-state index contributed by atoms with van der Waals surface area (Å²) in [4.78, 5) is 13.7. The van der Waals surface area contributed by atoms with Crippen molar-refractivity contribution in [1.29, 1.82) is 0 Å². The van der Waals surface area contributed by atoms with E-state index in [4.69, 9.17) is 11.6 Å². The number of amides is 1. The summed E-state index contributed by atoms with van der Waals surface area (Å²) in [6.45, 7) is 1.16. The molecular formula is C13H15ClFNO2. The number of rotatable bonds is 2. The molecule has 0 spiro atoms. The average Bonchev–Trinajstić information content (AvgIpc) is 2.34. The molecule has 0 unspecified atom stereocenters. The molecule has 1 aromatic carbocycles. The lowest BCUT2D eigenvalue weighted by molar-refractivity contribution is -0.132. The molecule has 1 heterocycles. The van der Waals surface area contributed by atoms with Crippen LogP contribution in [-0.2, 0) is 11.2 Å². The summed E-state index contributed by atoms with van der Waals surface area (Å²) in [5.74, 6) is -0.487. The van der Waals surface area contributed by atoms with Crippen LogP contribution >= 0.6 is 11.6 Å². The topological polar surface area (TPSA) is 40.5 Å². The first kappa shape index (κ1) is 13.3. The molecule has 1 N–H and O–H groups in total. The summed E-state index contributed by atoms with van der Waals surface area (Å²) >= 11 is 5.67. The Hall–Kier alpha value is -1.13. The lowest BCUT2D eigenvalue weighted by Crippen LogP contribution is -2.40. The Morgan fingerprint density at radius 2 is 2.11 bits per heavy atom. The summed E-state index contributed by atoms with van der Waals surface area (Å²) < 4.78 is 13.0. The van der Waals surface area contributed by atoms with Gasteiger partial charge in [-0.15, -0.1) is 0 Å². The standard InChI is InChI=1S/C13H15ClFNO2/c14-11-7-9(1-2-12(11)15)8-13(18)16-5-3-10(17)4-6-16/h1-2,7,10,17H,3-6,8H2. The van der Waals surface area contributed by atoms with Crippen LogP contribution in [0, 0.1) is 5.82 Å². The first-order valence-electron chi connectivity index (χ1n) is 5.96. The average molecular weight is 272 g/mol. The lowest BCUT2D eigenvalue weighted by atomic mass is 10.1. The van der Waals surface area contributed by atoms with Gasteiger partial charge in [-0.05, 0) is 30.5 Å². The Labute approximate surface area is 110 Å². The van der Waals surface area contributed by atoms with Gasteiger partial charge in [-0.25, -0.2) is 4.39 Å². The monoisotopic (exact) mass is 271 g/mol. The van der Waals surface area contributed by atoms with Crippen LogP contribution in [0.4, 0.5) is 4.39 Å². The molecule has 1 aliphatic heterocycles. The molecular weight excluding hydrogens is 257 g/mol. The molecule has 0 aliphatic carbocycles. The van der Waals surface area contributed by atoms with Gasteiger partial charge in [-0.3, -0.25) is 4.79 Å². The van der Waals surface area contributed by atoms with Gasteiger partial charge >= 0.3 is 0 Å². The maximum absolute atomic E-state index is 13.0. The van der Waals surface area contributed by atoms with Crippen LogP contribution in [0.1, 0.15) is 18.4 Å². The Morgan fingerprint density at radius 3 is 2.72 bits per heavy atom. The maximum atomic E-state index is 13.0. The van der Waals surface area contributed by atoms with E-state index in [1.165, 1.54) is 12.1 Å². The molecule has 0 radical (unpaired) electrons. The second kappa shape index (κ2) is 5.67. The van der Waals surface area contributed by atoms with Crippen LogP contribution in [0.3, 0.4) is 0 Å². The van der Waals surface area contributed by atoms with Crippen molar-refractivity contribution in [2.24, 2.45) is 0 Å². The first-order valence-corrected chi connectivity index (χ1v) is 6.34. The van der Waals surface area contributed by atoms with Crippen LogP contribution in [-0.4, -0.2) is 35.1 Å². The molecule has 1 amide bonds. The molecule has 0 bridgehead atoms. The van der Waals surface area contributed by atoms with Gasteiger partial charge in [0.25, 0.3) is 0 Å². The number of halogens is 2. The van der Waals surface area contributed by atoms with Crippen molar-refractivity contribution in [3.8, 4) is 0 Å². The molecule has 98 valence electrons. The van der Waals surface area contributed by atoms with E-state index in [1.54, 1.807) is 11.0 Å². The van der Waals surface area contributed by atoms with Crippen LogP contribution in [0.5, 0.6) is 0 Å². The second-order valence-corrected chi connectivity index (χ2v) is 4.94. The quantitative estimate of drug-likeness (QED) is 0.894. The third-order valence-electron chi connectivity index (χ3n) is 3.16. The van der Waals surface area contributed by atoms with E-state index < -0.39 is 5.82 Å². The number of likely N-dealkylation sites (tertiary alicyclic amines) is 1. The number of carbonyl (C=O) groups excluding carboxylic acids is 1. The summed E-state index contributed by atoms with van der Waals surface area (Å²) in [6, 6.07) is 4.32. The normalized spacial score (nSPS) is 16.9. The fourth-order valence-electron chi connectivity index (χ4n) is 2.05. The van der Waals surface area contributed by atoms with Gasteiger partial charge in [-0.2, -0.15) is 0 Å². The number of aliphatic hydroxyl groups is 1. The second-order valence-electron chi connectivity index (χ2n) is 4.54. The SMILES string of the molecule is O=C(Cc1ccc(F)c(Cl)c1)N1CCC(O)CC1. The van der Waals surface area contributed by atoms with Crippen LogP contribution in [0.2, 0.25) is 5.02 Å². The minimum absolute atomic E-state index is 0.00965. The highest BCUT2D eigenvalue weighted by molar-refractivity contribution is 6.30. The zero-order valence-electron chi connectivity index (χ0n) is 9.90. The van der Waals surface area contributed by atoms with Crippen LogP contribution in [0.25, 0.3) is 0 Å². The van der Waals surface area contributed by atoms with Gasteiger partial charge in [0.15, 0.2) is 0 Å². The number of hydrogen-bond acceptors (Lipinski definition) is 2. The van der Waals surface area contributed by atoms with E-state index in [0.29, 0.717) is 31.5 Å². The van der Waals surface area contributed by atoms with E-state index in [9.17, 15) is 14.3 Å². The summed E-state index contributed by atoms with van der Waals surface area (Å²) in [6.07, 6.45) is 1.16. The Kier molecular flexibility index (Phi) is 4.19. The van der Waals surface area contributed by atoms with Crippen LogP contribution in [0.15, 0.2) is 18.2 Å². The molecule has 5 heteroatoms. The Bertz CT molecular complexity index is 445. The molecule has 0 saturated carbocycles. The zero-order chi connectivity index (χ0) is 13.1. The molecule has 1 saturated heterocycles.